The van der Waals surface area contributed by atoms with Gasteiger partial charge in [0, 0.05) is 19.0 Å². The van der Waals surface area contributed by atoms with Crippen LogP contribution in [0.25, 0.3) is 0 Å². The molecule has 0 spiro atoms. The van der Waals surface area contributed by atoms with Gasteiger partial charge in [0.25, 0.3) is 0 Å². The van der Waals surface area contributed by atoms with Gasteiger partial charge in [0.15, 0.2) is 0 Å². The molecule has 0 bridgehead atoms. The van der Waals surface area contributed by atoms with Crippen LogP contribution in [0.2, 0.25) is 0 Å². The van der Waals surface area contributed by atoms with Crippen LogP contribution < -0.4 is 5.32 Å². The van der Waals surface area contributed by atoms with Crippen molar-refractivity contribution in [3.63, 3.8) is 0 Å². The third kappa shape index (κ3) is 4.77. The Morgan fingerprint density at radius 2 is 1.73 bits per heavy atom. The molecule has 1 aliphatic heterocycles. The van der Waals surface area contributed by atoms with E-state index in [1.807, 2.05) is 0 Å². The van der Waals surface area contributed by atoms with Crippen LogP contribution in [0.15, 0.2) is 0 Å². The van der Waals surface area contributed by atoms with E-state index in [2.05, 4.69) is 0 Å². The summed E-state index contributed by atoms with van der Waals surface area (Å²) in [6, 6.07) is -3.17. The Morgan fingerprint density at radius 3 is 2.18 bits per heavy atom. The SMILES string of the molecule is CCCC(=O)N1C[C@@H](NC(=O)C(F)(F)F)CC[C@H]1C(F)(F)F. The Bertz CT molecular complexity index is 421. The van der Waals surface area contributed by atoms with E-state index >= 15 is 0 Å². The fraction of sp³-hybridized carbons (Fsp3) is 0.833. The maximum absolute atomic E-state index is 12.9. The first-order chi connectivity index (χ1) is 9.96. The van der Waals surface area contributed by atoms with E-state index in [1.165, 1.54) is 0 Å². The third-order valence-electron chi connectivity index (χ3n) is 3.34. The van der Waals surface area contributed by atoms with E-state index < -0.39 is 49.2 Å². The molecule has 0 saturated carbocycles. The standard InChI is InChI=1S/C12H16F6N2O2/c1-2-3-9(21)20-6-7(19-10(22)12(16,17)18)4-5-8(20)11(13,14)15/h7-8H,2-6H2,1H3,(H,19,22)/t7-,8-/m0/s1. The van der Waals surface area contributed by atoms with Crippen molar-refractivity contribution in [1.82, 2.24) is 10.2 Å². The monoisotopic (exact) mass is 334 g/mol. The van der Waals surface area contributed by atoms with Crippen molar-refractivity contribution in [2.45, 2.75) is 57.0 Å². The van der Waals surface area contributed by atoms with Gasteiger partial charge in [0.2, 0.25) is 5.91 Å². The minimum atomic E-state index is -5.11. The lowest BCUT2D eigenvalue weighted by Gasteiger charge is -2.40. The third-order valence-corrected chi connectivity index (χ3v) is 3.34. The van der Waals surface area contributed by atoms with Crippen molar-refractivity contribution in [1.29, 1.82) is 0 Å². The minimum absolute atomic E-state index is 0.132. The summed E-state index contributed by atoms with van der Waals surface area (Å²) in [5.74, 6) is -3.00. The van der Waals surface area contributed by atoms with Crippen molar-refractivity contribution < 1.29 is 35.9 Å². The van der Waals surface area contributed by atoms with Crippen LogP contribution in [0, 0.1) is 0 Å². The number of likely N-dealkylation sites (tertiary alicyclic amines) is 1. The molecule has 1 heterocycles. The number of carbonyl (C=O) groups excluding carboxylic acids is 2. The molecule has 0 aromatic rings. The Morgan fingerprint density at radius 1 is 1.14 bits per heavy atom. The maximum Gasteiger partial charge on any atom is 0.471 e. The molecule has 22 heavy (non-hydrogen) atoms. The summed E-state index contributed by atoms with van der Waals surface area (Å²) in [7, 11) is 0. The van der Waals surface area contributed by atoms with Crippen molar-refractivity contribution in [2.75, 3.05) is 6.54 Å². The van der Waals surface area contributed by atoms with Gasteiger partial charge in [0.1, 0.15) is 6.04 Å². The van der Waals surface area contributed by atoms with Gasteiger partial charge in [-0.2, -0.15) is 26.3 Å². The molecule has 1 aliphatic rings. The highest BCUT2D eigenvalue weighted by Gasteiger charge is 2.49. The molecule has 0 aromatic heterocycles. The van der Waals surface area contributed by atoms with E-state index in [-0.39, 0.29) is 12.8 Å². The lowest BCUT2D eigenvalue weighted by molar-refractivity contribution is -0.198. The zero-order valence-electron chi connectivity index (χ0n) is 11.7. The van der Waals surface area contributed by atoms with Crippen molar-refractivity contribution in [3.8, 4) is 0 Å². The molecule has 1 saturated heterocycles. The minimum Gasteiger partial charge on any atom is -0.344 e. The van der Waals surface area contributed by atoms with Crippen molar-refractivity contribution in [3.05, 3.63) is 0 Å². The molecule has 0 unspecified atom stereocenters. The molecule has 1 rings (SSSR count). The zero-order valence-corrected chi connectivity index (χ0v) is 11.7. The summed E-state index contributed by atoms with van der Waals surface area (Å²) in [5, 5.41) is 1.63. The van der Waals surface area contributed by atoms with Crippen LogP contribution in [-0.4, -0.2) is 47.7 Å². The van der Waals surface area contributed by atoms with Crippen LogP contribution >= 0.6 is 0 Å². The first-order valence-corrected chi connectivity index (χ1v) is 6.70. The van der Waals surface area contributed by atoms with Crippen LogP contribution in [0.5, 0.6) is 0 Å². The Hall–Kier alpha value is -1.48. The number of alkyl halides is 6. The number of hydrogen-bond donors (Lipinski definition) is 1. The predicted molar refractivity (Wildman–Crippen MR) is 63.7 cm³/mol. The van der Waals surface area contributed by atoms with Gasteiger partial charge in [-0.3, -0.25) is 9.59 Å². The van der Waals surface area contributed by atoms with Crippen LogP contribution in [0.4, 0.5) is 26.3 Å². The number of amides is 2. The van der Waals surface area contributed by atoms with Gasteiger partial charge in [-0.05, 0) is 19.3 Å². The van der Waals surface area contributed by atoms with Crippen LogP contribution in [0.1, 0.15) is 32.6 Å². The molecule has 1 fully saturated rings. The topological polar surface area (TPSA) is 49.4 Å². The fourth-order valence-corrected chi connectivity index (χ4v) is 2.33. The van der Waals surface area contributed by atoms with Crippen LogP contribution in [0.3, 0.4) is 0 Å². The summed E-state index contributed by atoms with van der Waals surface area (Å²) < 4.78 is 75.3. The summed E-state index contributed by atoms with van der Waals surface area (Å²) in [5.41, 5.74) is 0. The quantitative estimate of drug-likeness (QED) is 0.806. The first kappa shape index (κ1) is 18.6. The predicted octanol–water partition coefficient (Wildman–Crippen LogP) is 2.39. The highest BCUT2D eigenvalue weighted by atomic mass is 19.4. The Kier molecular flexibility index (Phi) is 5.69. The van der Waals surface area contributed by atoms with E-state index in [0.29, 0.717) is 11.3 Å². The second kappa shape index (κ2) is 6.74. The van der Waals surface area contributed by atoms with Crippen molar-refractivity contribution in [2.24, 2.45) is 0 Å². The fourth-order valence-electron chi connectivity index (χ4n) is 2.33. The number of rotatable bonds is 3. The van der Waals surface area contributed by atoms with Gasteiger partial charge >= 0.3 is 18.3 Å². The molecule has 128 valence electrons. The average molecular weight is 334 g/mol. The molecule has 0 radical (unpaired) electrons. The number of piperidine rings is 1. The molecule has 2 atom stereocenters. The van der Waals surface area contributed by atoms with E-state index in [0.717, 1.165) is 0 Å². The molecular formula is C12H16F6N2O2. The lowest BCUT2D eigenvalue weighted by atomic mass is 9.97. The average Bonchev–Trinajstić information content (AvgIpc) is 2.36. The van der Waals surface area contributed by atoms with Gasteiger partial charge in [-0.15, -0.1) is 0 Å². The van der Waals surface area contributed by atoms with Gasteiger partial charge in [0.05, 0.1) is 0 Å². The molecule has 4 nitrogen and oxygen atoms in total. The highest BCUT2D eigenvalue weighted by molar-refractivity contribution is 5.82. The van der Waals surface area contributed by atoms with E-state index in [9.17, 15) is 35.9 Å². The molecular weight excluding hydrogens is 318 g/mol. The van der Waals surface area contributed by atoms with E-state index in [1.54, 1.807) is 12.2 Å². The number of halogens is 6. The zero-order chi connectivity index (χ0) is 17.1. The van der Waals surface area contributed by atoms with Crippen LogP contribution in [-0.2, 0) is 9.59 Å². The lowest BCUT2D eigenvalue weighted by Crippen LogP contribution is -2.59. The molecule has 2 amide bonds. The smallest absolute Gasteiger partial charge is 0.344 e. The second-order valence-corrected chi connectivity index (χ2v) is 5.10. The Balaban J connectivity index is 2.82. The number of carbonyl (C=O) groups is 2. The normalized spacial score (nSPS) is 23.3. The summed E-state index contributed by atoms with van der Waals surface area (Å²) in [4.78, 5) is 23.1. The largest absolute Gasteiger partial charge is 0.471 e. The van der Waals surface area contributed by atoms with Gasteiger partial charge in [-0.25, -0.2) is 0 Å². The number of nitrogens with zero attached hydrogens (tertiary/aromatic N) is 1. The number of nitrogens with one attached hydrogen (secondary N) is 1. The maximum atomic E-state index is 12.9. The number of hydrogen-bond acceptors (Lipinski definition) is 2. The molecule has 0 aromatic carbocycles. The summed E-state index contributed by atoms with van der Waals surface area (Å²) in [6.45, 7) is 1.03. The second-order valence-electron chi connectivity index (χ2n) is 5.10. The highest BCUT2D eigenvalue weighted by Crippen LogP contribution is 2.32. The Labute approximate surface area is 122 Å². The first-order valence-electron chi connectivity index (χ1n) is 6.70. The molecule has 10 heteroatoms. The van der Waals surface area contributed by atoms with Gasteiger partial charge < -0.3 is 10.2 Å². The van der Waals surface area contributed by atoms with Crippen molar-refractivity contribution >= 4 is 11.8 Å². The molecule has 1 N–H and O–H groups in total. The molecule has 0 aliphatic carbocycles. The van der Waals surface area contributed by atoms with E-state index in [4.69, 9.17) is 0 Å². The summed E-state index contributed by atoms with van der Waals surface area (Å²) >= 11 is 0. The van der Waals surface area contributed by atoms with Gasteiger partial charge in [-0.1, -0.05) is 6.92 Å². The summed E-state index contributed by atoms with van der Waals surface area (Å²) in [6.07, 6.45) is -10.4.